The summed E-state index contributed by atoms with van der Waals surface area (Å²) in [5, 5.41) is 4.95. The van der Waals surface area contributed by atoms with Crippen LogP contribution in [-0.4, -0.2) is 41.4 Å². The maximum Gasteiger partial charge on any atom is 0.322 e. The third-order valence-corrected chi connectivity index (χ3v) is 4.88. The van der Waals surface area contributed by atoms with Crippen LogP contribution in [-0.2, 0) is 9.59 Å². The fourth-order valence-electron chi connectivity index (χ4n) is 3.73. The van der Waals surface area contributed by atoms with E-state index < -0.39 is 11.6 Å². The number of urea groups is 1. The van der Waals surface area contributed by atoms with Crippen LogP contribution in [0.15, 0.2) is 0 Å². The fraction of sp³-hybridized carbons (Fsp3) is 0.786. The first-order valence-electron chi connectivity index (χ1n) is 7.42. The molecule has 2 saturated heterocycles. The summed E-state index contributed by atoms with van der Waals surface area (Å²) in [5.74, 6) is 0.551. The number of carbonyl (C=O) groups excluding carboxylic acids is 3. The predicted molar refractivity (Wildman–Crippen MR) is 71.7 cm³/mol. The molecule has 0 bridgehead atoms. The molecular weight excluding hydrogens is 258 g/mol. The Labute approximate surface area is 118 Å². The van der Waals surface area contributed by atoms with Crippen molar-refractivity contribution < 1.29 is 14.4 Å². The van der Waals surface area contributed by atoms with Crippen LogP contribution in [0.1, 0.15) is 39.0 Å². The number of rotatable bonds is 1. The molecule has 0 aromatic carbocycles. The maximum absolute atomic E-state index is 12.6. The van der Waals surface area contributed by atoms with Crippen LogP contribution in [0.3, 0.4) is 0 Å². The Morgan fingerprint density at radius 1 is 1.35 bits per heavy atom. The third kappa shape index (κ3) is 2.17. The molecule has 110 valence electrons. The molecule has 1 saturated carbocycles. The smallest absolute Gasteiger partial charge is 0.322 e. The molecule has 0 unspecified atom stereocenters. The quantitative estimate of drug-likeness (QED) is 0.691. The van der Waals surface area contributed by atoms with Gasteiger partial charge in [0, 0.05) is 12.5 Å². The van der Waals surface area contributed by atoms with E-state index in [2.05, 4.69) is 17.6 Å². The summed E-state index contributed by atoms with van der Waals surface area (Å²) in [6, 6.07) is -0.449. The van der Waals surface area contributed by atoms with Crippen molar-refractivity contribution >= 4 is 17.8 Å². The van der Waals surface area contributed by atoms with Crippen LogP contribution in [0.5, 0.6) is 0 Å². The van der Waals surface area contributed by atoms with Crippen molar-refractivity contribution in [3.8, 4) is 0 Å². The second-order valence-corrected chi connectivity index (χ2v) is 6.47. The van der Waals surface area contributed by atoms with Crippen LogP contribution < -0.4 is 10.6 Å². The molecule has 6 nitrogen and oxygen atoms in total. The lowest BCUT2D eigenvalue weighted by atomic mass is 9.82. The first-order valence-corrected chi connectivity index (χ1v) is 7.42. The van der Waals surface area contributed by atoms with Gasteiger partial charge in [0.15, 0.2) is 0 Å². The van der Waals surface area contributed by atoms with Crippen molar-refractivity contribution in [1.29, 1.82) is 0 Å². The highest BCUT2D eigenvalue weighted by Gasteiger charge is 2.52. The minimum absolute atomic E-state index is 0.0917. The normalized spacial score (nSPS) is 37.1. The molecule has 1 aliphatic carbocycles. The summed E-state index contributed by atoms with van der Waals surface area (Å²) in [4.78, 5) is 37.5. The van der Waals surface area contributed by atoms with Crippen molar-refractivity contribution in [2.45, 2.75) is 44.6 Å². The Hall–Kier alpha value is -1.59. The van der Waals surface area contributed by atoms with E-state index in [1.165, 1.54) is 6.42 Å². The molecular formula is C14H21N3O3. The highest BCUT2D eigenvalue weighted by Crippen LogP contribution is 2.32. The van der Waals surface area contributed by atoms with Gasteiger partial charge in [-0.3, -0.25) is 14.9 Å². The van der Waals surface area contributed by atoms with E-state index in [1.54, 1.807) is 4.90 Å². The summed E-state index contributed by atoms with van der Waals surface area (Å²) in [6.45, 7) is 3.06. The number of amides is 4. The van der Waals surface area contributed by atoms with Crippen molar-refractivity contribution in [3.05, 3.63) is 0 Å². The number of hydrogen-bond acceptors (Lipinski definition) is 3. The molecule has 3 aliphatic rings. The topological polar surface area (TPSA) is 78.5 Å². The molecule has 2 aliphatic heterocycles. The van der Waals surface area contributed by atoms with Gasteiger partial charge in [-0.1, -0.05) is 19.8 Å². The molecule has 0 radical (unpaired) electrons. The highest BCUT2D eigenvalue weighted by atomic mass is 16.2. The van der Waals surface area contributed by atoms with Gasteiger partial charge in [-0.25, -0.2) is 4.79 Å². The lowest BCUT2D eigenvalue weighted by Crippen LogP contribution is -2.50. The molecule has 0 aromatic heterocycles. The molecule has 3 atom stereocenters. The Balaban J connectivity index is 1.66. The first kappa shape index (κ1) is 13.4. The van der Waals surface area contributed by atoms with E-state index in [1.807, 2.05) is 0 Å². The number of imide groups is 1. The molecule has 2 N–H and O–H groups in total. The Morgan fingerprint density at radius 3 is 2.80 bits per heavy atom. The average molecular weight is 279 g/mol. The largest absolute Gasteiger partial charge is 0.339 e. The molecule has 1 spiro atoms. The van der Waals surface area contributed by atoms with Gasteiger partial charge in [0.05, 0.1) is 6.54 Å². The standard InChI is InChI=1S/C14H21N3O3/c1-9-3-2-4-10(7-9)11(18)17-6-5-14(8-17)12(19)15-13(20)16-14/h9-10H,2-8H2,1H3,(H2,15,16,19,20)/t9-,10-,14+/m1/s1. The minimum Gasteiger partial charge on any atom is -0.339 e. The highest BCUT2D eigenvalue weighted by molar-refractivity contribution is 6.07. The fourth-order valence-corrected chi connectivity index (χ4v) is 3.73. The summed E-state index contributed by atoms with van der Waals surface area (Å²) < 4.78 is 0. The number of nitrogens with zero attached hydrogens (tertiary/aromatic N) is 1. The summed E-state index contributed by atoms with van der Waals surface area (Å²) in [7, 11) is 0. The van der Waals surface area contributed by atoms with Gasteiger partial charge in [-0.05, 0) is 25.2 Å². The second-order valence-electron chi connectivity index (χ2n) is 6.47. The Bertz CT molecular complexity index is 465. The van der Waals surface area contributed by atoms with Crippen molar-refractivity contribution in [2.24, 2.45) is 11.8 Å². The zero-order chi connectivity index (χ0) is 14.3. The lowest BCUT2D eigenvalue weighted by molar-refractivity contribution is -0.136. The van der Waals surface area contributed by atoms with E-state index in [9.17, 15) is 14.4 Å². The lowest BCUT2D eigenvalue weighted by Gasteiger charge is -2.30. The zero-order valence-corrected chi connectivity index (χ0v) is 11.8. The molecule has 4 amide bonds. The SMILES string of the molecule is C[C@@H]1CCC[C@@H](C(=O)N2CC[C@@]3(C2)NC(=O)NC3=O)C1. The van der Waals surface area contributed by atoms with Crippen molar-refractivity contribution in [1.82, 2.24) is 15.5 Å². The van der Waals surface area contributed by atoms with E-state index in [-0.39, 0.29) is 17.7 Å². The second kappa shape index (κ2) is 4.75. The predicted octanol–water partition coefficient (Wildman–Crippen LogP) is 0.623. The minimum atomic E-state index is -0.882. The van der Waals surface area contributed by atoms with Gasteiger partial charge in [-0.2, -0.15) is 0 Å². The van der Waals surface area contributed by atoms with Crippen molar-refractivity contribution in [3.63, 3.8) is 0 Å². The average Bonchev–Trinajstić information content (AvgIpc) is 2.94. The third-order valence-electron chi connectivity index (χ3n) is 4.88. The molecule has 2 heterocycles. The zero-order valence-electron chi connectivity index (χ0n) is 11.8. The maximum atomic E-state index is 12.6. The molecule has 0 aromatic rings. The number of nitrogens with one attached hydrogen (secondary N) is 2. The summed E-state index contributed by atoms with van der Waals surface area (Å²) >= 11 is 0. The van der Waals surface area contributed by atoms with Gasteiger partial charge in [-0.15, -0.1) is 0 Å². The van der Waals surface area contributed by atoms with Crippen LogP contribution in [0.25, 0.3) is 0 Å². The molecule has 3 fully saturated rings. The summed E-state index contributed by atoms with van der Waals surface area (Å²) in [6.07, 6.45) is 4.71. The van der Waals surface area contributed by atoms with Gasteiger partial charge in [0.1, 0.15) is 5.54 Å². The molecule has 20 heavy (non-hydrogen) atoms. The van der Waals surface area contributed by atoms with Crippen LogP contribution in [0.2, 0.25) is 0 Å². The van der Waals surface area contributed by atoms with Gasteiger partial charge in [0.2, 0.25) is 5.91 Å². The molecule has 6 heteroatoms. The number of likely N-dealkylation sites (tertiary alicyclic amines) is 1. The summed E-state index contributed by atoms with van der Waals surface area (Å²) in [5.41, 5.74) is -0.882. The first-order chi connectivity index (χ1) is 9.50. The van der Waals surface area contributed by atoms with Crippen LogP contribution in [0.4, 0.5) is 4.79 Å². The molecule has 3 rings (SSSR count). The van der Waals surface area contributed by atoms with Gasteiger partial charge >= 0.3 is 6.03 Å². The monoisotopic (exact) mass is 279 g/mol. The van der Waals surface area contributed by atoms with E-state index in [0.717, 1.165) is 19.3 Å². The van der Waals surface area contributed by atoms with E-state index in [4.69, 9.17) is 0 Å². The van der Waals surface area contributed by atoms with Crippen LogP contribution >= 0.6 is 0 Å². The van der Waals surface area contributed by atoms with Crippen LogP contribution in [0, 0.1) is 11.8 Å². The van der Waals surface area contributed by atoms with Crippen molar-refractivity contribution in [2.75, 3.05) is 13.1 Å². The van der Waals surface area contributed by atoms with Gasteiger partial charge < -0.3 is 10.2 Å². The number of hydrogen-bond donors (Lipinski definition) is 2. The van der Waals surface area contributed by atoms with Gasteiger partial charge in [0.25, 0.3) is 5.91 Å². The van der Waals surface area contributed by atoms with E-state index >= 15 is 0 Å². The van der Waals surface area contributed by atoms with E-state index in [0.29, 0.717) is 25.4 Å². The Morgan fingerprint density at radius 2 is 2.15 bits per heavy atom. The number of carbonyl (C=O) groups is 3. The Kier molecular flexibility index (Phi) is 3.18.